The van der Waals surface area contributed by atoms with Gasteiger partial charge in [-0.05, 0) is 115 Å². The fourth-order valence-corrected chi connectivity index (χ4v) is 9.49. The van der Waals surface area contributed by atoms with E-state index in [1.807, 2.05) is 0 Å². The first kappa shape index (κ1) is 39.8. The number of thiol groups is 1. The Balaban J connectivity index is 0.00000411. The highest BCUT2D eigenvalue weighted by molar-refractivity contribution is 9.09. The van der Waals surface area contributed by atoms with E-state index >= 15 is 0 Å². The summed E-state index contributed by atoms with van der Waals surface area (Å²) in [6.07, 6.45) is 20.7. The monoisotopic (exact) mass is 658 g/mol. The first-order valence-electron chi connectivity index (χ1n) is 18.0. The summed E-state index contributed by atoms with van der Waals surface area (Å²) in [5.74, 6) is 8.68. The zero-order valence-corrected chi connectivity index (χ0v) is 32.1. The molecular formula is C38H75BrOS. The minimum atomic E-state index is 0.384. The predicted molar refractivity (Wildman–Crippen MR) is 192 cm³/mol. The van der Waals surface area contributed by atoms with Gasteiger partial charge in [-0.3, -0.25) is 0 Å². The normalized spacial score (nSPS) is 28.5. The summed E-state index contributed by atoms with van der Waals surface area (Å²) in [4.78, 5) is 0. The number of fused-ring (bicyclic) bond motifs is 1. The molecule has 9 atom stereocenters. The van der Waals surface area contributed by atoms with Gasteiger partial charge in [-0.25, -0.2) is 0 Å². The molecule has 41 heavy (non-hydrogen) atoms. The van der Waals surface area contributed by atoms with Crippen molar-refractivity contribution < 1.29 is 4.55 Å². The maximum Gasteiger partial charge on any atom is 0.00340 e. The lowest BCUT2D eigenvalue weighted by atomic mass is 9.60. The Labute approximate surface area is 273 Å². The van der Waals surface area contributed by atoms with Gasteiger partial charge in [-0.2, -0.15) is 0 Å². The van der Waals surface area contributed by atoms with Crippen molar-refractivity contribution in [3.8, 4) is 0 Å². The van der Waals surface area contributed by atoms with Crippen LogP contribution in [0.2, 0.25) is 0 Å². The van der Waals surface area contributed by atoms with Gasteiger partial charge in [0.1, 0.15) is 0 Å². The largest absolute Gasteiger partial charge is 0.333 e. The van der Waals surface area contributed by atoms with Gasteiger partial charge < -0.3 is 4.55 Å². The van der Waals surface area contributed by atoms with Crippen LogP contribution in [0.1, 0.15) is 166 Å². The van der Waals surface area contributed by atoms with Crippen LogP contribution < -0.4 is 0 Å². The average molecular weight is 660 g/mol. The molecule has 246 valence electrons. The van der Waals surface area contributed by atoms with Gasteiger partial charge in [-0.15, -0.1) is 0 Å². The third-order valence-electron chi connectivity index (χ3n) is 13.2. The first-order valence-corrected chi connectivity index (χ1v) is 19.5. The molecule has 0 aromatic rings. The number of hydrogen-bond donors (Lipinski definition) is 2. The van der Waals surface area contributed by atoms with Gasteiger partial charge in [0.15, 0.2) is 0 Å². The van der Waals surface area contributed by atoms with Crippen molar-refractivity contribution in [1.29, 1.82) is 0 Å². The minimum Gasteiger partial charge on any atom is -0.333 e. The van der Waals surface area contributed by atoms with E-state index in [9.17, 15) is 0 Å². The molecule has 1 N–H and O–H groups in total. The van der Waals surface area contributed by atoms with Crippen molar-refractivity contribution in [1.82, 2.24) is 0 Å². The van der Waals surface area contributed by atoms with E-state index in [0.29, 0.717) is 10.8 Å². The summed E-state index contributed by atoms with van der Waals surface area (Å²) in [5, 5.41) is 1.15. The standard InChI is InChI=1S/C38H73Br.H2OS/c1-27(2)38(10,11)30(5)32(23-24-39)22-21-29(4)36(31(6)37(7,8)9)26-34-25-28(3)17-13-12-14-18-33-19-15-16-20-35(33)34;1-2/h27-36H,12-26H2,1-11H3;1-2H. The average Bonchev–Trinajstić information content (AvgIpc) is 2.92. The molecule has 2 rings (SSSR count). The van der Waals surface area contributed by atoms with Crippen molar-refractivity contribution in [3.05, 3.63) is 0 Å². The quantitative estimate of drug-likeness (QED) is 0.121. The van der Waals surface area contributed by atoms with Gasteiger partial charge in [0.05, 0.1) is 0 Å². The second-order valence-electron chi connectivity index (χ2n) is 17.1. The van der Waals surface area contributed by atoms with Gasteiger partial charge >= 0.3 is 0 Å². The van der Waals surface area contributed by atoms with E-state index < -0.39 is 0 Å². The Bertz CT molecular complexity index is 670. The zero-order chi connectivity index (χ0) is 31.4. The van der Waals surface area contributed by atoms with Crippen LogP contribution in [-0.2, 0) is 0 Å². The van der Waals surface area contributed by atoms with E-state index in [0.717, 1.165) is 64.5 Å². The molecule has 0 spiro atoms. The number of halogens is 1. The zero-order valence-electron chi connectivity index (χ0n) is 29.7. The minimum absolute atomic E-state index is 0.384. The van der Waals surface area contributed by atoms with Crippen LogP contribution in [0.15, 0.2) is 0 Å². The molecule has 0 aromatic carbocycles. The molecule has 2 aliphatic carbocycles. The van der Waals surface area contributed by atoms with Crippen LogP contribution in [0.3, 0.4) is 0 Å². The summed E-state index contributed by atoms with van der Waals surface area (Å²) in [7, 11) is 0. The third-order valence-corrected chi connectivity index (χ3v) is 13.7. The molecule has 3 heteroatoms. The summed E-state index contributed by atoms with van der Waals surface area (Å²) in [6, 6.07) is 0. The SMILES string of the molecule is CC1CCCCCC2CCCCC2C(CC(C(C)CCC(CCBr)C(C)C(C)(C)C(C)C)C(C)C(C)(C)C)C1.OS. The summed E-state index contributed by atoms with van der Waals surface area (Å²) < 4.78 is 6.69. The van der Waals surface area contributed by atoms with Crippen LogP contribution in [0.5, 0.6) is 0 Å². The molecule has 0 aliphatic heterocycles. The van der Waals surface area contributed by atoms with E-state index in [4.69, 9.17) is 4.55 Å². The molecular weight excluding hydrogens is 584 g/mol. The van der Waals surface area contributed by atoms with Crippen LogP contribution in [0, 0.1) is 70.0 Å². The van der Waals surface area contributed by atoms with Crippen LogP contribution >= 0.6 is 28.8 Å². The second-order valence-corrected chi connectivity index (χ2v) is 17.9. The van der Waals surface area contributed by atoms with Crippen LogP contribution in [0.25, 0.3) is 0 Å². The van der Waals surface area contributed by atoms with Gasteiger partial charge in [0.25, 0.3) is 0 Å². The molecule has 0 heterocycles. The topological polar surface area (TPSA) is 20.2 Å². The molecule has 0 bridgehead atoms. The second kappa shape index (κ2) is 19.3. The molecule has 2 saturated carbocycles. The molecule has 0 amide bonds. The Hall–Kier alpha value is 0.790. The molecule has 2 fully saturated rings. The van der Waals surface area contributed by atoms with Crippen molar-refractivity contribution in [2.75, 3.05) is 5.33 Å². The molecule has 2 aliphatic rings. The lowest BCUT2D eigenvalue weighted by molar-refractivity contribution is 0.0471. The number of alkyl halides is 1. The molecule has 0 saturated heterocycles. The van der Waals surface area contributed by atoms with Crippen LogP contribution in [-0.4, -0.2) is 9.88 Å². The number of hydrogen-bond acceptors (Lipinski definition) is 2. The highest BCUT2D eigenvalue weighted by Gasteiger charge is 2.40. The van der Waals surface area contributed by atoms with Crippen molar-refractivity contribution in [3.63, 3.8) is 0 Å². The smallest absolute Gasteiger partial charge is 0.00340 e. The van der Waals surface area contributed by atoms with Gasteiger partial charge in [0.2, 0.25) is 0 Å². The van der Waals surface area contributed by atoms with Crippen molar-refractivity contribution in [2.45, 2.75) is 166 Å². The van der Waals surface area contributed by atoms with E-state index in [-0.39, 0.29) is 0 Å². The maximum absolute atomic E-state index is 6.69. The van der Waals surface area contributed by atoms with E-state index in [1.165, 1.54) is 89.9 Å². The lowest BCUT2D eigenvalue weighted by Crippen LogP contribution is -2.36. The summed E-state index contributed by atoms with van der Waals surface area (Å²) in [6.45, 7) is 28.0. The molecule has 0 radical (unpaired) electrons. The summed E-state index contributed by atoms with van der Waals surface area (Å²) >= 11 is 6.36. The first-order chi connectivity index (χ1) is 19.2. The Morgan fingerprint density at radius 1 is 0.756 bits per heavy atom. The fraction of sp³-hybridized carbons (Fsp3) is 1.00. The molecule has 0 aromatic heterocycles. The summed E-state index contributed by atoms with van der Waals surface area (Å²) in [5.41, 5.74) is 0.783. The highest BCUT2D eigenvalue weighted by Crippen LogP contribution is 2.49. The molecule has 9 unspecified atom stereocenters. The third kappa shape index (κ3) is 12.6. The Morgan fingerprint density at radius 3 is 1.88 bits per heavy atom. The molecule has 1 nitrogen and oxygen atoms in total. The Morgan fingerprint density at radius 2 is 1.32 bits per heavy atom. The highest BCUT2D eigenvalue weighted by atomic mass is 79.9. The number of rotatable bonds is 12. The van der Waals surface area contributed by atoms with E-state index in [1.54, 1.807) is 0 Å². The van der Waals surface area contributed by atoms with Crippen molar-refractivity contribution >= 4 is 28.8 Å². The van der Waals surface area contributed by atoms with Gasteiger partial charge in [-0.1, -0.05) is 150 Å². The van der Waals surface area contributed by atoms with Gasteiger partial charge in [0, 0.05) is 5.33 Å². The Kier molecular flexibility index (Phi) is 18.8. The van der Waals surface area contributed by atoms with Crippen molar-refractivity contribution in [2.24, 2.45) is 70.0 Å². The van der Waals surface area contributed by atoms with Crippen LogP contribution in [0.4, 0.5) is 0 Å². The maximum atomic E-state index is 6.69. The fourth-order valence-electron chi connectivity index (χ4n) is 8.90. The lowest BCUT2D eigenvalue weighted by Gasteiger charge is -2.45. The predicted octanol–water partition coefficient (Wildman–Crippen LogP) is 13.6. The van der Waals surface area contributed by atoms with E-state index in [2.05, 4.69) is 105 Å².